The average molecular weight is 419 g/mol. The molecule has 0 bridgehead atoms. The van der Waals surface area contributed by atoms with Crippen LogP contribution in [0.5, 0.6) is 0 Å². The Morgan fingerprint density at radius 1 is 0.517 bits per heavy atom. The average Bonchev–Trinajstić information content (AvgIpc) is 2.71. The molecule has 4 aliphatic carbocycles. The van der Waals surface area contributed by atoms with E-state index in [1.54, 1.807) is 0 Å². The largest absolute Gasteiger partial charge is 0.323 e. The van der Waals surface area contributed by atoms with Crippen molar-refractivity contribution in [1.29, 1.82) is 0 Å². The normalized spacial score (nSPS) is 38.7. The second-order valence-electron chi connectivity index (χ2n) is 12.0. The van der Waals surface area contributed by atoms with E-state index in [0.717, 1.165) is 34.8 Å². The molecule has 4 fully saturated rings. The molecule has 29 heavy (non-hydrogen) atoms. The summed E-state index contributed by atoms with van der Waals surface area (Å²) in [6, 6.07) is 1.22. The Morgan fingerprint density at radius 3 is 1.31 bits per heavy atom. The SMILES string of the molecule is CC(C)N[Si](NC(C)C)(C1CCCC2CCCCC21)C1CCCC2CCCCC21. The molecule has 6 atom stereocenters. The van der Waals surface area contributed by atoms with Gasteiger partial charge in [0.1, 0.15) is 0 Å². The molecular formula is C26H50N2Si. The van der Waals surface area contributed by atoms with Crippen molar-refractivity contribution in [3.63, 3.8) is 0 Å². The van der Waals surface area contributed by atoms with Gasteiger partial charge in [-0.15, -0.1) is 0 Å². The van der Waals surface area contributed by atoms with Gasteiger partial charge in [-0.25, -0.2) is 0 Å². The van der Waals surface area contributed by atoms with E-state index in [1.807, 2.05) is 0 Å². The van der Waals surface area contributed by atoms with E-state index >= 15 is 0 Å². The zero-order valence-corrected chi connectivity index (χ0v) is 21.0. The Labute approximate surface area is 182 Å². The lowest BCUT2D eigenvalue weighted by molar-refractivity contribution is 0.142. The maximum atomic E-state index is 4.46. The Kier molecular flexibility index (Phi) is 7.50. The third-order valence-electron chi connectivity index (χ3n) is 9.37. The van der Waals surface area contributed by atoms with Crippen LogP contribution >= 0.6 is 0 Å². The van der Waals surface area contributed by atoms with E-state index in [-0.39, 0.29) is 0 Å². The molecule has 2 N–H and O–H groups in total. The summed E-state index contributed by atoms with van der Waals surface area (Å²) in [7, 11) is -1.84. The van der Waals surface area contributed by atoms with Gasteiger partial charge in [-0.2, -0.15) is 0 Å². The first-order chi connectivity index (χ1) is 14.0. The summed E-state index contributed by atoms with van der Waals surface area (Å²) in [6.07, 6.45) is 21.2. The van der Waals surface area contributed by atoms with Crippen molar-refractivity contribution in [2.45, 2.75) is 141 Å². The molecule has 0 amide bonds. The second kappa shape index (κ2) is 9.73. The first kappa shape index (κ1) is 22.3. The van der Waals surface area contributed by atoms with Gasteiger partial charge in [-0.3, -0.25) is 0 Å². The summed E-state index contributed by atoms with van der Waals surface area (Å²) in [5, 5.41) is 0. The molecule has 0 aliphatic heterocycles. The minimum Gasteiger partial charge on any atom is -0.323 e. The van der Waals surface area contributed by atoms with E-state index in [0.29, 0.717) is 12.1 Å². The maximum absolute atomic E-state index is 4.46. The van der Waals surface area contributed by atoms with E-state index in [4.69, 9.17) is 0 Å². The molecule has 4 rings (SSSR count). The predicted molar refractivity (Wildman–Crippen MR) is 128 cm³/mol. The molecular weight excluding hydrogens is 368 g/mol. The number of fused-ring (bicyclic) bond motifs is 2. The highest BCUT2D eigenvalue weighted by molar-refractivity contribution is 6.78. The lowest BCUT2D eigenvalue weighted by Gasteiger charge is -2.58. The molecule has 0 heterocycles. The van der Waals surface area contributed by atoms with Crippen molar-refractivity contribution in [2.24, 2.45) is 23.7 Å². The van der Waals surface area contributed by atoms with Gasteiger partial charge in [0.05, 0.1) is 0 Å². The molecule has 2 nitrogen and oxygen atoms in total. The fraction of sp³-hybridized carbons (Fsp3) is 1.00. The van der Waals surface area contributed by atoms with Crippen LogP contribution in [0.25, 0.3) is 0 Å². The van der Waals surface area contributed by atoms with Crippen LogP contribution in [0.3, 0.4) is 0 Å². The molecule has 6 unspecified atom stereocenters. The third-order valence-corrected chi connectivity index (χ3v) is 15.3. The number of hydrogen-bond donors (Lipinski definition) is 2. The lowest BCUT2D eigenvalue weighted by atomic mass is 9.70. The van der Waals surface area contributed by atoms with Crippen molar-refractivity contribution in [1.82, 2.24) is 9.96 Å². The number of rotatable bonds is 6. The Bertz CT molecular complexity index is 469. The van der Waals surface area contributed by atoms with Crippen LogP contribution in [0.1, 0.15) is 118 Å². The standard InChI is InChI=1S/C26H50N2Si/c1-19(2)27-29(28-20(3)4,25-17-9-13-21-11-5-7-15-23(21)25)26-18-10-14-22-12-6-8-16-24(22)26/h19-28H,5-18H2,1-4H3. The smallest absolute Gasteiger partial charge is 0.208 e. The quantitative estimate of drug-likeness (QED) is 0.448. The highest BCUT2D eigenvalue weighted by Gasteiger charge is 2.57. The van der Waals surface area contributed by atoms with Gasteiger partial charge in [-0.05, 0) is 46.8 Å². The second-order valence-corrected chi connectivity index (χ2v) is 15.8. The van der Waals surface area contributed by atoms with Gasteiger partial charge in [0.2, 0.25) is 8.40 Å². The van der Waals surface area contributed by atoms with Crippen molar-refractivity contribution in [3.8, 4) is 0 Å². The number of nitrogens with one attached hydrogen (secondary N) is 2. The van der Waals surface area contributed by atoms with Gasteiger partial charge in [0, 0.05) is 0 Å². The summed E-state index contributed by atoms with van der Waals surface area (Å²) < 4.78 is 0. The van der Waals surface area contributed by atoms with E-state index < -0.39 is 8.40 Å². The fourth-order valence-corrected chi connectivity index (χ4v) is 15.7. The Balaban J connectivity index is 1.73. The third kappa shape index (κ3) is 4.67. The molecule has 3 heteroatoms. The van der Waals surface area contributed by atoms with Gasteiger partial charge >= 0.3 is 0 Å². The van der Waals surface area contributed by atoms with Crippen molar-refractivity contribution < 1.29 is 0 Å². The zero-order valence-electron chi connectivity index (χ0n) is 20.0. The van der Waals surface area contributed by atoms with Crippen molar-refractivity contribution in [3.05, 3.63) is 0 Å². The van der Waals surface area contributed by atoms with Crippen LogP contribution in [-0.2, 0) is 0 Å². The van der Waals surface area contributed by atoms with Gasteiger partial charge in [0.15, 0.2) is 0 Å². The minimum absolute atomic E-state index is 0.612. The van der Waals surface area contributed by atoms with Crippen LogP contribution in [-0.4, -0.2) is 20.5 Å². The summed E-state index contributed by atoms with van der Waals surface area (Å²) in [5.74, 6) is 4.13. The Morgan fingerprint density at radius 2 is 0.897 bits per heavy atom. The summed E-state index contributed by atoms with van der Waals surface area (Å²) in [6.45, 7) is 9.75. The zero-order chi connectivity index (χ0) is 20.4. The molecule has 168 valence electrons. The number of hydrogen-bond acceptors (Lipinski definition) is 2. The van der Waals surface area contributed by atoms with Crippen LogP contribution < -0.4 is 9.96 Å². The highest BCUT2D eigenvalue weighted by Crippen LogP contribution is 2.57. The van der Waals surface area contributed by atoms with Gasteiger partial charge < -0.3 is 9.96 Å². The Hall–Kier alpha value is 0.137. The first-order valence-corrected chi connectivity index (χ1v) is 15.7. The van der Waals surface area contributed by atoms with Gasteiger partial charge in [-0.1, -0.05) is 118 Å². The van der Waals surface area contributed by atoms with E-state index in [2.05, 4.69) is 37.7 Å². The lowest BCUT2D eigenvalue weighted by Crippen LogP contribution is -2.74. The molecule has 0 aromatic rings. The highest BCUT2D eigenvalue weighted by atomic mass is 28.3. The van der Waals surface area contributed by atoms with E-state index in [9.17, 15) is 0 Å². The van der Waals surface area contributed by atoms with E-state index in [1.165, 1.54) is 89.9 Å². The predicted octanol–water partition coefficient (Wildman–Crippen LogP) is 7.15. The molecule has 0 radical (unpaired) electrons. The monoisotopic (exact) mass is 418 g/mol. The van der Waals surface area contributed by atoms with Crippen LogP contribution in [0, 0.1) is 23.7 Å². The molecule has 0 saturated heterocycles. The molecule has 0 spiro atoms. The van der Waals surface area contributed by atoms with Crippen molar-refractivity contribution >= 4 is 8.40 Å². The fourth-order valence-electron chi connectivity index (χ4n) is 8.71. The topological polar surface area (TPSA) is 24.1 Å². The maximum Gasteiger partial charge on any atom is 0.208 e. The molecule has 0 aromatic heterocycles. The molecule has 0 aromatic carbocycles. The van der Waals surface area contributed by atoms with Crippen LogP contribution in [0.15, 0.2) is 0 Å². The first-order valence-electron chi connectivity index (χ1n) is 13.6. The summed E-state index contributed by atoms with van der Waals surface area (Å²) in [5.41, 5.74) is 1.94. The summed E-state index contributed by atoms with van der Waals surface area (Å²) >= 11 is 0. The minimum atomic E-state index is -1.84. The molecule has 4 saturated carbocycles. The van der Waals surface area contributed by atoms with Crippen LogP contribution in [0.4, 0.5) is 0 Å². The van der Waals surface area contributed by atoms with Gasteiger partial charge in [0.25, 0.3) is 0 Å². The summed E-state index contributed by atoms with van der Waals surface area (Å²) in [4.78, 5) is 8.92. The van der Waals surface area contributed by atoms with Crippen molar-refractivity contribution in [2.75, 3.05) is 0 Å². The molecule has 4 aliphatic rings. The van der Waals surface area contributed by atoms with Crippen LogP contribution in [0.2, 0.25) is 11.1 Å².